The van der Waals surface area contributed by atoms with Gasteiger partial charge in [0, 0.05) is 28.0 Å². The number of hydrogen-bond acceptors (Lipinski definition) is 4. The number of rotatable bonds is 4. The lowest BCUT2D eigenvalue weighted by Gasteiger charge is -2.17. The van der Waals surface area contributed by atoms with E-state index in [2.05, 4.69) is 37.3 Å². The third-order valence-corrected chi connectivity index (χ3v) is 4.34. The highest BCUT2D eigenvalue weighted by Crippen LogP contribution is 2.23. The molecule has 0 amide bonds. The molecular formula is C13H15BrN2OS. The Bertz CT molecular complexity index is 510. The summed E-state index contributed by atoms with van der Waals surface area (Å²) < 4.78 is 1.12. The molecule has 0 aliphatic rings. The maximum Gasteiger partial charge on any atom is 0.128 e. The van der Waals surface area contributed by atoms with E-state index in [1.807, 2.05) is 19.2 Å². The van der Waals surface area contributed by atoms with E-state index in [-0.39, 0.29) is 0 Å². The molecular weight excluding hydrogens is 312 g/mol. The van der Waals surface area contributed by atoms with Crippen molar-refractivity contribution in [1.29, 1.82) is 0 Å². The maximum atomic E-state index is 9.43. The van der Waals surface area contributed by atoms with Crippen LogP contribution in [-0.4, -0.2) is 17.1 Å². The first-order chi connectivity index (χ1) is 8.56. The number of aliphatic hydroxyl groups excluding tert-OH is 1. The predicted octanol–water partition coefficient (Wildman–Crippen LogP) is 3.60. The summed E-state index contributed by atoms with van der Waals surface area (Å²) in [6.45, 7) is 2.57. The molecule has 3 nitrogen and oxygen atoms in total. The number of thiophene rings is 1. The van der Waals surface area contributed by atoms with Crippen LogP contribution < -0.4 is 4.90 Å². The van der Waals surface area contributed by atoms with Crippen LogP contribution in [0.3, 0.4) is 0 Å². The molecule has 0 spiro atoms. The number of aliphatic hydroxyl groups is 1. The number of halogens is 1. The standard InChI is InChI=1S/C13H15BrN2OS/c1-9(17)10-3-4-13(15-6-10)16(2)7-12-5-11(14)8-18-12/h3-6,8-9,17H,7H2,1-2H3/t9-/m1/s1. The minimum absolute atomic E-state index is 0.467. The van der Waals surface area contributed by atoms with Crippen LogP contribution in [0.15, 0.2) is 34.2 Å². The van der Waals surface area contributed by atoms with E-state index in [0.717, 1.165) is 22.4 Å². The van der Waals surface area contributed by atoms with Crippen molar-refractivity contribution in [3.63, 3.8) is 0 Å². The fraction of sp³-hybridized carbons (Fsp3) is 0.308. The van der Waals surface area contributed by atoms with Gasteiger partial charge in [0.25, 0.3) is 0 Å². The molecule has 1 atom stereocenters. The van der Waals surface area contributed by atoms with Gasteiger partial charge >= 0.3 is 0 Å². The summed E-state index contributed by atoms with van der Waals surface area (Å²) in [6, 6.07) is 5.96. The quantitative estimate of drug-likeness (QED) is 0.932. The van der Waals surface area contributed by atoms with Crippen LogP contribution in [0.25, 0.3) is 0 Å². The van der Waals surface area contributed by atoms with Gasteiger partial charge in [0.1, 0.15) is 5.82 Å². The first-order valence-corrected chi connectivity index (χ1v) is 7.31. The van der Waals surface area contributed by atoms with Crippen LogP contribution in [-0.2, 0) is 6.54 Å². The van der Waals surface area contributed by atoms with E-state index in [1.54, 1.807) is 24.5 Å². The van der Waals surface area contributed by atoms with E-state index >= 15 is 0 Å². The van der Waals surface area contributed by atoms with Gasteiger partial charge in [-0.3, -0.25) is 0 Å². The zero-order valence-corrected chi connectivity index (χ0v) is 12.7. The molecule has 96 valence electrons. The van der Waals surface area contributed by atoms with Gasteiger partial charge in [-0.2, -0.15) is 0 Å². The second-order valence-corrected chi connectivity index (χ2v) is 6.12. The first-order valence-electron chi connectivity index (χ1n) is 5.64. The Kier molecular flexibility index (Phi) is 4.37. The van der Waals surface area contributed by atoms with Gasteiger partial charge in [0.15, 0.2) is 0 Å². The fourth-order valence-electron chi connectivity index (χ4n) is 1.62. The molecule has 0 saturated heterocycles. The van der Waals surface area contributed by atoms with Crippen LogP contribution in [0.1, 0.15) is 23.5 Å². The molecule has 0 aromatic carbocycles. The summed E-state index contributed by atoms with van der Waals surface area (Å²) in [5.41, 5.74) is 0.839. The third-order valence-electron chi connectivity index (χ3n) is 2.66. The van der Waals surface area contributed by atoms with E-state index in [4.69, 9.17) is 0 Å². The van der Waals surface area contributed by atoms with Crippen molar-refractivity contribution in [3.05, 3.63) is 44.7 Å². The zero-order valence-electron chi connectivity index (χ0n) is 10.3. The molecule has 1 N–H and O–H groups in total. The van der Waals surface area contributed by atoms with Crippen LogP contribution >= 0.6 is 27.3 Å². The van der Waals surface area contributed by atoms with Crippen molar-refractivity contribution in [2.24, 2.45) is 0 Å². The summed E-state index contributed by atoms with van der Waals surface area (Å²) >= 11 is 5.18. The van der Waals surface area contributed by atoms with Gasteiger partial charge in [-0.15, -0.1) is 11.3 Å². The van der Waals surface area contributed by atoms with Crippen LogP contribution in [0.5, 0.6) is 0 Å². The van der Waals surface area contributed by atoms with Gasteiger partial charge in [-0.05, 0) is 40.5 Å². The number of hydrogen-bond donors (Lipinski definition) is 1. The molecule has 0 aliphatic carbocycles. The monoisotopic (exact) mass is 326 g/mol. The summed E-state index contributed by atoms with van der Waals surface area (Å²) in [7, 11) is 2.01. The third kappa shape index (κ3) is 3.31. The zero-order chi connectivity index (χ0) is 13.1. The number of aromatic nitrogens is 1. The molecule has 2 aromatic heterocycles. The largest absolute Gasteiger partial charge is 0.389 e. The molecule has 18 heavy (non-hydrogen) atoms. The summed E-state index contributed by atoms with van der Waals surface area (Å²) in [4.78, 5) is 7.73. The molecule has 2 rings (SSSR count). The van der Waals surface area contributed by atoms with E-state index in [0.29, 0.717) is 0 Å². The molecule has 0 radical (unpaired) electrons. The Hall–Kier alpha value is -0.910. The van der Waals surface area contributed by atoms with Crippen molar-refractivity contribution in [2.45, 2.75) is 19.6 Å². The van der Waals surface area contributed by atoms with Gasteiger partial charge in [-0.25, -0.2) is 4.98 Å². The van der Waals surface area contributed by atoms with Crippen molar-refractivity contribution >= 4 is 33.1 Å². The van der Waals surface area contributed by atoms with Gasteiger partial charge in [-0.1, -0.05) is 6.07 Å². The van der Waals surface area contributed by atoms with Crippen molar-refractivity contribution in [3.8, 4) is 0 Å². The fourth-order valence-corrected chi connectivity index (χ4v) is 3.13. The number of anilines is 1. The Balaban J connectivity index is 2.06. The second kappa shape index (κ2) is 5.82. The van der Waals surface area contributed by atoms with Crippen LogP contribution in [0, 0.1) is 0 Å². The summed E-state index contributed by atoms with van der Waals surface area (Å²) in [5, 5.41) is 11.5. The summed E-state index contributed by atoms with van der Waals surface area (Å²) in [6.07, 6.45) is 1.26. The van der Waals surface area contributed by atoms with Crippen molar-refractivity contribution in [2.75, 3.05) is 11.9 Å². The highest BCUT2D eigenvalue weighted by molar-refractivity contribution is 9.10. The number of pyridine rings is 1. The molecule has 0 saturated carbocycles. The molecule has 0 unspecified atom stereocenters. The number of nitrogens with zero attached hydrogens (tertiary/aromatic N) is 2. The molecule has 2 aromatic rings. The molecule has 0 bridgehead atoms. The smallest absolute Gasteiger partial charge is 0.128 e. The predicted molar refractivity (Wildman–Crippen MR) is 79.0 cm³/mol. The molecule has 5 heteroatoms. The second-order valence-electron chi connectivity index (χ2n) is 4.21. The molecule has 2 heterocycles. The Morgan fingerprint density at radius 1 is 1.50 bits per heavy atom. The first kappa shape index (κ1) is 13.5. The minimum Gasteiger partial charge on any atom is -0.389 e. The van der Waals surface area contributed by atoms with Gasteiger partial charge in [0.2, 0.25) is 0 Å². The minimum atomic E-state index is -0.467. The van der Waals surface area contributed by atoms with Crippen LogP contribution in [0.4, 0.5) is 5.82 Å². The summed E-state index contributed by atoms with van der Waals surface area (Å²) in [5.74, 6) is 0.906. The molecule has 0 aliphatic heterocycles. The Labute approximate surface area is 119 Å². The van der Waals surface area contributed by atoms with E-state index in [1.165, 1.54) is 4.88 Å². The normalized spacial score (nSPS) is 12.4. The average Bonchev–Trinajstić information content (AvgIpc) is 2.75. The van der Waals surface area contributed by atoms with Crippen LogP contribution in [0.2, 0.25) is 0 Å². The van der Waals surface area contributed by atoms with Crippen molar-refractivity contribution in [1.82, 2.24) is 4.98 Å². The lowest BCUT2D eigenvalue weighted by Crippen LogP contribution is -2.16. The molecule has 0 fully saturated rings. The highest BCUT2D eigenvalue weighted by Gasteiger charge is 2.07. The highest BCUT2D eigenvalue weighted by atomic mass is 79.9. The maximum absolute atomic E-state index is 9.43. The topological polar surface area (TPSA) is 36.4 Å². The lowest BCUT2D eigenvalue weighted by atomic mass is 10.2. The Morgan fingerprint density at radius 2 is 2.28 bits per heavy atom. The van der Waals surface area contributed by atoms with Gasteiger partial charge < -0.3 is 10.0 Å². The Morgan fingerprint density at radius 3 is 2.78 bits per heavy atom. The average molecular weight is 327 g/mol. The van der Waals surface area contributed by atoms with Crippen molar-refractivity contribution < 1.29 is 5.11 Å². The SMILES string of the molecule is C[C@@H](O)c1ccc(N(C)Cc2cc(Br)cs2)nc1. The van der Waals surface area contributed by atoms with Gasteiger partial charge in [0.05, 0.1) is 12.6 Å². The lowest BCUT2D eigenvalue weighted by molar-refractivity contribution is 0.199. The van der Waals surface area contributed by atoms with E-state index in [9.17, 15) is 5.11 Å². The van der Waals surface area contributed by atoms with E-state index < -0.39 is 6.10 Å².